The molecule has 2 heterocycles. The van der Waals surface area contributed by atoms with E-state index in [9.17, 15) is 4.79 Å². The number of carbonyl (C=O) groups excluding carboxylic acids is 1. The number of rotatable bonds is 1. The van der Waals surface area contributed by atoms with Crippen LogP contribution in [-0.4, -0.2) is 37.7 Å². The van der Waals surface area contributed by atoms with Crippen molar-refractivity contribution in [3.8, 4) is 0 Å². The molecule has 1 spiro atoms. The Labute approximate surface area is 119 Å². The quantitative estimate of drug-likeness (QED) is 0.851. The number of hydrogen-bond donors (Lipinski definition) is 1. The maximum atomic E-state index is 12.0. The summed E-state index contributed by atoms with van der Waals surface area (Å²) in [5.74, 6) is 0.0605. The van der Waals surface area contributed by atoms with Gasteiger partial charge in [-0.25, -0.2) is 0 Å². The number of piperidine rings is 1. The number of hydrogen-bond acceptors (Lipinski definition) is 3. The van der Waals surface area contributed by atoms with Crippen molar-refractivity contribution in [1.82, 2.24) is 5.32 Å². The molecule has 0 aliphatic carbocycles. The standard InChI is InChI=1S/C14H18N2O2.ClH/c17-13-10-18-14(6-8-15-9-7-14)11-16(13)12-4-2-1-3-5-12;/h1-5,15H,6-11H2;1H. The molecule has 2 fully saturated rings. The van der Waals surface area contributed by atoms with Crippen molar-refractivity contribution in [2.45, 2.75) is 18.4 Å². The van der Waals surface area contributed by atoms with Crippen molar-refractivity contribution in [2.75, 3.05) is 31.1 Å². The van der Waals surface area contributed by atoms with E-state index in [2.05, 4.69) is 5.32 Å². The summed E-state index contributed by atoms with van der Waals surface area (Å²) in [6.45, 7) is 2.82. The first kappa shape index (κ1) is 14.3. The molecule has 1 aromatic carbocycles. The van der Waals surface area contributed by atoms with Gasteiger partial charge in [0.1, 0.15) is 6.61 Å². The molecule has 2 aliphatic rings. The Morgan fingerprint density at radius 2 is 1.84 bits per heavy atom. The normalized spacial score (nSPS) is 22.1. The van der Waals surface area contributed by atoms with Gasteiger partial charge in [0, 0.05) is 5.69 Å². The highest BCUT2D eigenvalue weighted by Crippen LogP contribution is 2.30. The van der Waals surface area contributed by atoms with Crippen LogP contribution < -0.4 is 10.2 Å². The highest BCUT2D eigenvalue weighted by molar-refractivity contribution is 5.95. The summed E-state index contributed by atoms with van der Waals surface area (Å²) < 4.78 is 5.84. The Balaban J connectivity index is 0.00000133. The van der Waals surface area contributed by atoms with Crippen molar-refractivity contribution < 1.29 is 9.53 Å². The molecular weight excluding hydrogens is 264 g/mol. The molecule has 0 unspecified atom stereocenters. The SMILES string of the molecule is Cl.O=C1COC2(CCNCC2)CN1c1ccccc1. The molecule has 19 heavy (non-hydrogen) atoms. The lowest BCUT2D eigenvalue weighted by molar-refractivity contribution is -0.141. The van der Waals surface area contributed by atoms with Crippen LogP contribution in [0.15, 0.2) is 30.3 Å². The van der Waals surface area contributed by atoms with Gasteiger partial charge in [-0.2, -0.15) is 0 Å². The van der Waals surface area contributed by atoms with Crippen molar-refractivity contribution in [1.29, 1.82) is 0 Å². The van der Waals surface area contributed by atoms with E-state index in [1.54, 1.807) is 0 Å². The van der Waals surface area contributed by atoms with E-state index in [1.807, 2.05) is 35.2 Å². The van der Waals surface area contributed by atoms with Gasteiger partial charge in [0.05, 0.1) is 12.1 Å². The van der Waals surface area contributed by atoms with Crippen LogP contribution in [0.25, 0.3) is 0 Å². The topological polar surface area (TPSA) is 41.6 Å². The van der Waals surface area contributed by atoms with Crippen LogP contribution >= 0.6 is 12.4 Å². The average Bonchev–Trinajstić information content (AvgIpc) is 2.44. The van der Waals surface area contributed by atoms with Crippen molar-refractivity contribution in [2.24, 2.45) is 0 Å². The lowest BCUT2D eigenvalue weighted by atomic mass is 9.90. The molecule has 5 heteroatoms. The van der Waals surface area contributed by atoms with Gasteiger partial charge in [-0.1, -0.05) is 18.2 Å². The molecule has 0 aromatic heterocycles. The number of ether oxygens (including phenoxy) is 1. The zero-order valence-corrected chi connectivity index (χ0v) is 11.6. The number of para-hydroxylation sites is 1. The first-order valence-electron chi connectivity index (χ1n) is 6.49. The zero-order valence-electron chi connectivity index (χ0n) is 10.8. The first-order valence-corrected chi connectivity index (χ1v) is 6.49. The molecular formula is C14H19ClN2O2. The maximum Gasteiger partial charge on any atom is 0.253 e. The van der Waals surface area contributed by atoms with Gasteiger partial charge in [0.2, 0.25) is 0 Å². The van der Waals surface area contributed by atoms with Crippen LogP contribution in [0.1, 0.15) is 12.8 Å². The summed E-state index contributed by atoms with van der Waals surface area (Å²) in [5.41, 5.74) is 0.832. The van der Waals surface area contributed by atoms with E-state index in [0.717, 1.165) is 31.6 Å². The Morgan fingerprint density at radius 1 is 1.16 bits per heavy atom. The minimum absolute atomic E-state index is 0. The maximum absolute atomic E-state index is 12.0. The number of anilines is 1. The smallest absolute Gasteiger partial charge is 0.253 e. The van der Waals surface area contributed by atoms with Gasteiger partial charge in [-0.3, -0.25) is 4.79 Å². The molecule has 3 rings (SSSR count). The highest BCUT2D eigenvalue weighted by atomic mass is 35.5. The highest BCUT2D eigenvalue weighted by Gasteiger charge is 2.41. The minimum atomic E-state index is -0.144. The van der Waals surface area contributed by atoms with Gasteiger partial charge in [-0.05, 0) is 38.1 Å². The van der Waals surface area contributed by atoms with Crippen LogP contribution in [0.5, 0.6) is 0 Å². The molecule has 0 radical (unpaired) electrons. The van der Waals surface area contributed by atoms with Gasteiger partial charge in [0.25, 0.3) is 5.91 Å². The van der Waals surface area contributed by atoms with E-state index < -0.39 is 0 Å². The monoisotopic (exact) mass is 282 g/mol. The van der Waals surface area contributed by atoms with Gasteiger partial charge >= 0.3 is 0 Å². The van der Waals surface area contributed by atoms with Crippen LogP contribution in [0.2, 0.25) is 0 Å². The van der Waals surface area contributed by atoms with E-state index >= 15 is 0 Å². The number of halogens is 1. The third-order valence-electron chi connectivity index (χ3n) is 3.83. The molecule has 2 aliphatic heterocycles. The number of carbonyl (C=O) groups is 1. The number of nitrogens with one attached hydrogen (secondary N) is 1. The molecule has 1 N–H and O–H groups in total. The second kappa shape index (κ2) is 5.90. The lowest BCUT2D eigenvalue weighted by Crippen LogP contribution is -2.58. The lowest BCUT2D eigenvalue weighted by Gasteiger charge is -2.44. The molecule has 1 amide bonds. The van der Waals surface area contributed by atoms with Crippen LogP contribution in [-0.2, 0) is 9.53 Å². The zero-order chi connectivity index (χ0) is 12.4. The van der Waals surface area contributed by atoms with Gasteiger partial charge < -0.3 is 15.0 Å². The fraction of sp³-hybridized carbons (Fsp3) is 0.500. The summed E-state index contributed by atoms with van der Waals surface area (Å²) in [4.78, 5) is 13.9. The van der Waals surface area contributed by atoms with Crippen molar-refractivity contribution in [3.05, 3.63) is 30.3 Å². The third kappa shape index (κ3) is 2.91. The third-order valence-corrected chi connectivity index (χ3v) is 3.83. The second-order valence-electron chi connectivity index (χ2n) is 5.04. The minimum Gasteiger partial charge on any atom is -0.363 e. The van der Waals surface area contributed by atoms with Crippen LogP contribution in [0.4, 0.5) is 5.69 Å². The van der Waals surface area contributed by atoms with Gasteiger partial charge in [0.15, 0.2) is 0 Å². The molecule has 0 saturated carbocycles. The van der Waals surface area contributed by atoms with Crippen LogP contribution in [0, 0.1) is 0 Å². The summed E-state index contributed by atoms with van der Waals surface area (Å²) in [7, 11) is 0. The molecule has 0 bridgehead atoms. The largest absolute Gasteiger partial charge is 0.363 e. The van der Waals surface area contributed by atoms with E-state index in [4.69, 9.17) is 4.74 Å². The number of nitrogens with zero attached hydrogens (tertiary/aromatic N) is 1. The average molecular weight is 283 g/mol. The summed E-state index contributed by atoms with van der Waals surface area (Å²) in [6.07, 6.45) is 1.95. The van der Waals surface area contributed by atoms with Crippen molar-refractivity contribution in [3.63, 3.8) is 0 Å². The van der Waals surface area contributed by atoms with E-state index in [1.165, 1.54) is 0 Å². The molecule has 104 valence electrons. The predicted octanol–water partition coefficient (Wildman–Crippen LogP) is 1.59. The van der Waals surface area contributed by atoms with E-state index in [0.29, 0.717) is 6.54 Å². The summed E-state index contributed by atoms with van der Waals surface area (Å²) in [5, 5.41) is 3.34. The van der Waals surface area contributed by atoms with Crippen LogP contribution in [0.3, 0.4) is 0 Å². The summed E-state index contributed by atoms with van der Waals surface area (Å²) in [6, 6.07) is 9.87. The predicted molar refractivity (Wildman–Crippen MR) is 76.8 cm³/mol. The number of benzene rings is 1. The summed E-state index contributed by atoms with van der Waals surface area (Å²) >= 11 is 0. The Hall–Kier alpha value is -1.10. The first-order chi connectivity index (χ1) is 8.79. The number of amides is 1. The molecule has 1 aromatic rings. The van der Waals surface area contributed by atoms with E-state index in [-0.39, 0.29) is 30.5 Å². The molecule has 2 saturated heterocycles. The van der Waals surface area contributed by atoms with Gasteiger partial charge in [-0.15, -0.1) is 12.4 Å². The fourth-order valence-corrected chi connectivity index (χ4v) is 2.74. The van der Waals surface area contributed by atoms with Crippen molar-refractivity contribution >= 4 is 24.0 Å². The molecule has 4 nitrogen and oxygen atoms in total. The Kier molecular flexibility index (Phi) is 4.45. The molecule has 0 atom stereocenters. The Morgan fingerprint density at radius 3 is 2.53 bits per heavy atom. The fourth-order valence-electron chi connectivity index (χ4n) is 2.74. The second-order valence-corrected chi connectivity index (χ2v) is 5.04. The Bertz CT molecular complexity index is 432. The number of morpholine rings is 1.